The Hall–Kier alpha value is -2.87. The summed E-state index contributed by atoms with van der Waals surface area (Å²) in [4.78, 5) is 14.9. The predicted octanol–water partition coefficient (Wildman–Crippen LogP) is 4.68. The van der Waals surface area contributed by atoms with Gasteiger partial charge in [-0.15, -0.1) is 0 Å². The molecule has 0 unspecified atom stereocenters. The van der Waals surface area contributed by atoms with Gasteiger partial charge in [0.15, 0.2) is 0 Å². The normalized spacial score (nSPS) is 15.3. The molecule has 0 aromatic heterocycles. The van der Waals surface area contributed by atoms with Crippen molar-refractivity contribution in [3.8, 4) is 0 Å². The van der Waals surface area contributed by atoms with Crippen molar-refractivity contribution >= 4 is 5.91 Å². The lowest BCUT2D eigenvalue weighted by molar-refractivity contribution is 0.0736. The third-order valence-electron chi connectivity index (χ3n) is 5.29. The monoisotopic (exact) mass is 327 g/mol. The summed E-state index contributed by atoms with van der Waals surface area (Å²) >= 11 is 0. The Morgan fingerprint density at radius 2 is 1.20 bits per heavy atom. The van der Waals surface area contributed by atoms with Gasteiger partial charge in [-0.2, -0.15) is 0 Å². The molecule has 0 saturated heterocycles. The van der Waals surface area contributed by atoms with E-state index in [1.807, 2.05) is 30.1 Å². The van der Waals surface area contributed by atoms with E-state index in [2.05, 4.69) is 68.4 Å². The van der Waals surface area contributed by atoms with Gasteiger partial charge in [0.05, 0.1) is 0 Å². The van der Waals surface area contributed by atoms with E-state index in [0.717, 1.165) is 22.3 Å². The van der Waals surface area contributed by atoms with Gasteiger partial charge in [-0.25, -0.2) is 0 Å². The zero-order valence-corrected chi connectivity index (χ0v) is 14.8. The molecule has 3 aromatic rings. The molecule has 25 heavy (non-hydrogen) atoms. The molecule has 0 fully saturated rings. The van der Waals surface area contributed by atoms with E-state index in [1.165, 1.54) is 11.1 Å². The second-order valence-electron chi connectivity index (χ2n) is 6.85. The van der Waals surface area contributed by atoms with E-state index in [-0.39, 0.29) is 5.91 Å². The number of fused-ring (bicyclic) bond motifs is 1. The fraction of sp³-hybridized carbons (Fsp3) is 0.174. The molecule has 1 aliphatic rings. The second-order valence-corrected chi connectivity index (χ2v) is 6.85. The summed E-state index contributed by atoms with van der Waals surface area (Å²) < 4.78 is 0. The Labute approximate surface area is 148 Å². The Morgan fingerprint density at radius 1 is 0.720 bits per heavy atom. The number of nitrogens with zero attached hydrogens (tertiary/aromatic N) is 1. The Morgan fingerprint density at radius 3 is 1.72 bits per heavy atom. The van der Waals surface area contributed by atoms with Crippen LogP contribution in [0, 0.1) is 13.8 Å². The first-order valence-corrected chi connectivity index (χ1v) is 8.57. The van der Waals surface area contributed by atoms with Crippen LogP contribution in [-0.4, -0.2) is 17.9 Å². The third-order valence-corrected chi connectivity index (χ3v) is 5.29. The summed E-state index contributed by atoms with van der Waals surface area (Å²) in [6, 6.07) is 25.0. The number of carbonyl (C=O) groups excluding carboxylic acids is 1. The molecule has 0 bridgehead atoms. The fourth-order valence-electron chi connectivity index (χ4n) is 3.95. The SMILES string of the molecule is Cc1ccc(C2(c3ccc(C)cc3)c3ccccc3C(=O)N2C)cc1. The Balaban J connectivity index is 2.08. The van der Waals surface area contributed by atoms with Crippen LogP contribution in [0.3, 0.4) is 0 Å². The van der Waals surface area contributed by atoms with Gasteiger partial charge in [-0.1, -0.05) is 77.9 Å². The molecule has 0 radical (unpaired) electrons. The standard InChI is InChI=1S/C23H21NO/c1-16-8-12-18(13-9-16)23(19-14-10-17(2)11-15-19)21-7-5-4-6-20(21)22(25)24(23)3/h4-15H,1-3H3. The molecule has 0 saturated carbocycles. The molecule has 0 atom stereocenters. The van der Waals surface area contributed by atoms with E-state index >= 15 is 0 Å². The van der Waals surface area contributed by atoms with Gasteiger partial charge < -0.3 is 4.90 Å². The van der Waals surface area contributed by atoms with Crippen molar-refractivity contribution in [2.24, 2.45) is 0 Å². The van der Waals surface area contributed by atoms with Gasteiger partial charge in [-0.3, -0.25) is 4.79 Å². The highest BCUT2D eigenvalue weighted by Crippen LogP contribution is 2.48. The number of amides is 1. The van der Waals surface area contributed by atoms with Crippen molar-refractivity contribution in [1.29, 1.82) is 0 Å². The highest BCUT2D eigenvalue weighted by molar-refractivity contribution is 6.01. The molecule has 0 N–H and O–H groups in total. The zero-order valence-electron chi connectivity index (χ0n) is 14.8. The maximum absolute atomic E-state index is 13.0. The number of benzene rings is 3. The number of carbonyl (C=O) groups is 1. The van der Waals surface area contributed by atoms with Crippen LogP contribution in [-0.2, 0) is 5.54 Å². The first-order valence-electron chi connectivity index (χ1n) is 8.57. The molecule has 3 aromatic carbocycles. The van der Waals surface area contributed by atoms with E-state index in [0.29, 0.717) is 0 Å². The van der Waals surface area contributed by atoms with Crippen molar-refractivity contribution in [1.82, 2.24) is 4.90 Å². The average molecular weight is 327 g/mol. The minimum absolute atomic E-state index is 0.0664. The molecule has 0 spiro atoms. The summed E-state index contributed by atoms with van der Waals surface area (Å²) in [5.41, 5.74) is 5.90. The van der Waals surface area contributed by atoms with Crippen molar-refractivity contribution in [3.05, 3.63) is 106 Å². The maximum Gasteiger partial charge on any atom is 0.255 e. The molecule has 4 rings (SSSR count). The number of hydrogen-bond donors (Lipinski definition) is 0. The van der Waals surface area contributed by atoms with Gasteiger partial charge in [0.1, 0.15) is 5.54 Å². The van der Waals surface area contributed by atoms with Crippen LogP contribution in [0.15, 0.2) is 72.8 Å². The van der Waals surface area contributed by atoms with E-state index in [9.17, 15) is 4.79 Å². The molecule has 1 heterocycles. The van der Waals surface area contributed by atoms with Crippen LogP contribution in [0.1, 0.15) is 38.2 Å². The van der Waals surface area contributed by atoms with Gasteiger partial charge in [0, 0.05) is 12.6 Å². The molecule has 2 heteroatoms. The smallest absolute Gasteiger partial charge is 0.255 e. The molecule has 2 nitrogen and oxygen atoms in total. The Bertz CT molecular complexity index is 893. The largest absolute Gasteiger partial charge is 0.324 e. The fourth-order valence-corrected chi connectivity index (χ4v) is 3.95. The molecule has 1 aliphatic heterocycles. The van der Waals surface area contributed by atoms with E-state index in [1.54, 1.807) is 0 Å². The quantitative estimate of drug-likeness (QED) is 0.669. The lowest BCUT2D eigenvalue weighted by Gasteiger charge is -2.38. The first kappa shape index (κ1) is 15.6. The maximum atomic E-state index is 13.0. The predicted molar refractivity (Wildman–Crippen MR) is 101 cm³/mol. The van der Waals surface area contributed by atoms with Gasteiger partial charge in [0.2, 0.25) is 0 Å². The van der Waals surface area contributed by atoms with Crippen molar-refractivity contribution in [2.45, 2.75) is 19.4 Å². The summed E-state index contributed by atoms with van der Waals surface area (Å²) in [7, 11) is 1.90. The number of aryl methyl sites for hydroxylation is 2. The summed E-state index contributed by atoms with van der Waals surface area (Å²) in [5.74, 6) is 0.0664. The van der Waals surface area contributed by atoms with Gasteiger partial charge in [0.25, 0.3) is 5.91 Å². The highest BCUT2D eigenvalue weighted by Gasteiger charge is 2.50. The Kier molecular flexibility index (Phi) is 3.50. The summed E-state index contributed by atoms with van der Waals surface area (Å²) in [6.45, 7) is 4.17. The lowest BCUT2D eigenvalue weighted by Crippen LogP contribution is -2.43. The first-order chi connectivity index (χ1) is 12.0. The molecule has 1 amide bonds. The zero-order chi connectivity index (χ0) is 17.6. The summed E-state index contributed by atoms with van der Waals surface area (Å²) in [5, 5.41) is 0. The van der Waals surface area contributed by atoms with Gasteiger partial charge in [-0.05, 0) is 36.6 Å². The van der Waals surface area contributed by atoms with Crippen molar-refractivity contribution in [2.75, 3.05) is 7.05 Å². The van der Waals surface area contributed by atoms with Crippen LogP contribution in [0.5, 0.6) is 0 Å². The van der Waals surface area contributed by atoms with Crippen molar-refractivity contribution < 1.29 is 4.79 Å². The number of hydrogen-bond acceptors (Lipinski definition) is 1. The topological polar surface area (TPSA) is 20.3 Å². The molecular weight excluding hydrogens is 306 g/mol. The minimum atomic E-state index is -0.588. The second kappa shape index (κ2) is 5.59. The van der Waals surface area contributed by atoms with Crippen LogP contribution in [0.25, 0.3) is 0 Å². The number of rotatable bonds is 2. The summed E-state index contributed by atoms with van der Waals surface area (Å²) in [6.07, 6.45) is 0. The van der Waals surface area contributed by atoms with Crippen LogP contribution in [0.2, 0.25) is 0 Å². The van der Waals surface area contributed by atoms with E-state index in [4.69, 9.17) is 0 Å². The highest BCUT2D eigenvalue weighted by atomic mass is 16.2. The molecule has 0 aliphatic carbocycles. The van der Waals surface area contributed by atoms with E-state index < -0.39 is 5.54 Å². The van der Waals surface area contributed by atoms with Crippen molar-refractivity contribution in [3.63, 3.8) is 0 Å². The van der Waals surface area contributed by atoms with Gasteiger partial charge >= 0.3 is 0 Å². The van der Waals surface area contributed by atoms with Crippen LogP contribution < -0.4 is 0 Å². The molecule has 124 valence electrons. The van der Waals surface area contributed by atoms with Crippen LogP contribution in [0.4, 0.5) is 0 Å². The minimum Gasteiger partial charge on any atom is -0.324 e. The third kappa shape index (κ3) is 2.14. The molecular formula is C23H21NO. The average Bonchev–Trinajstić information content (AvgIpc) is 2.86. The lowest BCUT2D eigenvalue weighted by atomic mass is 9.77. The van der Waals surface area contributed by atoms with Crippen LogP contribution >= 0.6 is 0 Å².